The molecule has 194 valence electrons. The van der Waals surface area contributed by atoms with Gasteiger partial charge in [0.2, 0.25) is 5.91 Å². The van der Waals surface area contributed by atoms with Crippen molar-refractivity contribution in [2.45, 2.75) is 27.7 Å². The van der Waals surface area contributed by atoms with E-state index in [1.54, 1.807) is 12.1 Å². The van der Waals surface area contributed by atoms with Crippen LogP contribution in [0.15, 0.2) is 85.7 Å². The summed E-state index contributed by atoms with van der Waals surface area (Å²) in [7, 11) is 0. The van der Waals surface area contributed by atoms with Gasteiger partial charge in [-0.2, -0.15) is 0 Å². The third-order valence-electron chi connectivity index (χ3n) is 6.27. The lowest BCUT2D eigenvalue weighted by Gasteiger charge is -2.36. The SMILES string of the molecule is C=C(c1ccccc1)N(/C=C(\C)c1ccc(F)cc1)CC(=O)N1CCN(c2cc(C)ccn2)CC1.CC. The minimum atomic E-state index is -0.276. The van der Waals surface area contributed by atoms with Gasteiger partial charge in [-0.15, -0.1) is 0 Å². The smallest absolute Gasteiger partial charge is 0.242 e. The first-order chi connectivity index (χ1) is 17.9. The molecule has 0 saturated carbocycles. The number of allylic oxidation sites excluding steroid dienone is 1. The number of amides is 1. The topological polar surface area (TPSA) is 39.7 Å². The van der Waals surface area contributed by atoms with E-state index in [4.69, 9.17) is 0 Å². The number of carbonyl (C=O) groups excluding carboxylic acids is 1. The van der Waals surface area contributed by atoms with E-state index in [2.05, 4.69) is 29.5 Å². The van der Waals surface area contributed by atoms with Gasteiger partial charge < -0.3 is 14.7 Å². The monoisotopic (exact) mass is 500 g/mol. The molecule has 6 heteroatoms. The van der Waals surface area contributed by atoms with Gasteiger partial charge in [0, 0.05) is 44.3 Å². The van der Waals surface area contributed by atoms with Gasteiger partial charge >= 0.3 is 0 Å². The number of piperazine rings is 1. The third-order valence-corrected chi connectivity index (χ3v) is 6.27. The second kappa shape index (κ2) is 13.4. The van der Waals surface area contributed by atoms with Crippen LogP contribution in [-0.2, 0) is 4.79 Å². The van der Waals surface area contributed by atoms with Crippen molar-refractivity contribution in [1.82, 2.24) is 14.8 Å². The van der Waals surface area contributed by atoms with E-state index in [-0.39, 0.29) is 18.3 Å². The van der Waals surface area contributed by atoms with Gasteiger partial charge in [0.15, 0.2) is 0 Å². The number of aromatic nitrogens is 1. The quantitative estimate of drug-likeness (QED) is 0.385. The van der Waals surface area contributed by atoms with Crippen LogP contribution in [0.3, 0.4) is 0 Å². The molecular formula is C31H37FN4O. The summed E-state index contributed by atoms with van der Waals surface area (Å²) in [6.45, 7) is 15.2. The first kappa shape index (κ1) is 27.7. The Labute approximate surface area is 220 Å². The summed E-state index contributed by atoms with van der Waals surface area (Å²) in [6.07, 6.45) is 3.75. The number of pyridine rings is 1. The normalized spacial score (nSPS) is 13.5. The molecule has 0 aliphatic carbocycles. The lowest BCUT2D eigenvalue weighted by Crippen LogP contribution is -2.51. The highest BCUT2D eigenvalue weighted by molar-refractivity contribution is 5.81. The molecule has 1 saturated heterocycles. The summed E-state index contributed by atoms with van der Waals surface area (Å²) in [5.74, 6) is 0.721. The van der Waals surface area contributed by atoms with Gasteiger partial charge in [-0.3, -0.25) is 4.79 Å². The zero-order valence-electron chi connectivity index (χ0n) is 22.3. The highest BCUT2D eigenvalue weighted by Gasteiger charge is 2.24. The summed E-state index contributed by atoms with van der Waals surface area (Å²) >= 11 is 0. The fourth-order valence-corrected chi connectivity index (χ4v) is 4.16. The Bertz CT molecular complexity index is 1200. The van der Waals surface area contributed by atoms with Crippen molar-refractivity contribution in [3.05, 3.63) is 108 Å². The van der Waals surface area contributed by atoms with Crippen LogP contribution in [0, 0.1) is 12.7 Å². The van der Waals surface area contributed by atoms with Gasteiger partial charge in [-0.1, -0.05) is 62.9 Å². The van der Waals surface area contributed by atoms with Crippen molar-refractivity contribution in [2.75, 3.05) is 37.6 Å². The first-order valence-electron chi connectivity index (χ1n) is 12.8. The minimum absolute atomic E-state index is 0.0436. The molecule has 5 nitrogen and oxygen atoms in total. The lowest BCUT2D eigenvalue weighted by molar-refractivity contribution is -0.131. The van der Waals surface area contributed by atoms with Crippen molar-refractivity contribution in [3.63, 3.8) is 0 Å². The summed E-state index contributed by atoms with van der Waals surface area (Å²) < 4.78 is 13.4. The Morgan fingerprint density at radius 2 is 1.65 bits per heavy atom. The first-order valence-corrected chi connectivity index (χ1v) is 12.8. The number of hydrogen-bond donors (Lipinski definition) is 0. The summed E-state index contributed by atoms with van der Waals surface area (Å²) in [5.41, 5.74) is 4.67. The number of carbonyl (C=O) groups is 1. The van der Waals surface area contributed by atoms with E-state index in [1.165, 1.54) is 17.7 Å². The highest BCUT2D eigenvalue weighted by Crippen LogP contribution is 2.23. The number of aryl methyl sites for hydroxylation is 1. The van der Waals surface area contributed by atoms with Crippen LogP contribution in [-0.4, -0.2) is 53.4 Å². The maximum Gasteiger partial charge on any atom is 0.242 e. The van der Waals surface area contributed by atoms with Gasteiger partial charge in [0.05, 0.1) is 0 Å². The summed E-state index contributed by atoms with van der Waals surface area (Å²) in [4.78, 5) is 23.8. The molecule has 2 heterocycles. The van der Waals surface area contributed by atoms with Crippen molar-refractivity contribution >= 4 is 23.0 Å². The summed E-state index contributed by atoms with van der Waals surface area (Å²) in [6, 6.07) is 20.2. The predicted molar refractivity (Wildman–Crippen MR) is 151 cm³/mol. The zero-order valence-corrected chi connectivity index (χ0v) is 22.3. The lowest BCUT2D eigenvalue weighted by atomic mass is 10.1. The Morgan fingerprint density at radius 1 is 1.00 bits per heavy atom. The van der Waals surface area contributed by atoms with Crippen LogP contribution < -0.4 is 4.90 Å². The van der Waals surface area contributed by atoms with Crippen molar-refractivity contribution < 1.29 is 9.18 Å². The van der Waals surface area contributed by atoms with Gasteiger partial charge in [-0.25, -0.2) is 9.37 Å². The second-order valence-electron chi connectivity index (χ2n) is 8.82. The maximum atomic E-state index is 13.4. The molecule has 37 heavy (non-hydrogen) atoms. The number of hydrogen-bond acceptors (Lipinski definition) is 4. The molecule has 0 bridgehead atoms. The highest BCUT2D eigenvalue weighted by atomic mass is 19.1. The molecule has 3 aromatic rings. The standard InChI is InChI=1S/C29H31FN4O.C2H6/c1-22-13-14-31-28(19-22)32-15-17-33(18-16-32)29(35)21-34(24(3)26-7-5-4-6-8-26)20-23(2)25-9-11-27(30)12-10-25;1-2/h4-14,19-20H,3,15-18,21H2,1-2H3;1-2H3/b23-20+;. The zero-order chi connectivity index (χ0) is 26.8. The van der Waals surface area contributed by atoms with Crippen LogP contribution in [0.5, 0.6) is 0 Å². The number of anilines is 1. The molecule has 1 aromatic heterocycles. The Balaban J connectivity index is 0.00000186. The Hall–Kier alpha value is -3.93. The molecule has 4 rings (SSSR count). The molecule has 0 radical (unpaired) electrons. The summed E-state index contributed by atoms with van der Waals surface area (Å²) in [5, 5.41) is 0. The molecular weight excluding hydrogens is 463 g/mol. The van der Waals surface area contributed by atoms with Crippen molar-refractivity contribution in [2.24, 2.45) is 0 Å². The van der Waals surface area contributed by atoms with Crippen molar-refractivity contribution in [3.8, 4) is 0 Å². The number of rotatable bonds is 7. The van der Waals surface area contributed by atoms with E-state index in [9.17, 15) is 9.18 Å². The largest absolute Gasteiger partial charge is 0.353 e. The number of nitrogens with zero attached hydrogens (tertiary/aromatic N) is 4. The number of halogens is 1. The molecule has 0 spiro atoms. The molecule has 0 unspecified atom stereocenters. The van der Waals surface area contributed by atoms with Gasteiger partial charge in [0.1, 0.15) is 18.2 Å². The van der Waals surface area contributed by atoms with Crippen LogP contribution in [0.25, 0.3) is 11.3 Å². The average Bonchev–Trinajstić information content (AvgIpc) is 2.94. The Morgan fingerprint density at radius 3 is 2.27 bits per heavy atom. The van der Waals surface area contributed by atoms with E-state index in [1.807, 2.05) is 79.4 Å². The molecule has 0 atom stereocenters. The minimum Gasteiger partial charge on any atom is -0.353 e. The molecule has 1 aliphatic rings. The molecule has 2 aromatic carbocycles. The van der Waals surface area contributed by atoms with Crippen LogP contribution in [0.1, 0.15) is 37.5 Å². The van der Waals surface area contributed by atoms with E-state index >= 15 is 0 Å². The molecule has 1 fully saturated rings. The van der Waals surface area contributed by atoms with Crippen LogP contribution >= 0.6 is 0 Å². The van der Waals surface area contributed by atoms with E-state index < -0.39 is 0 Å². The maximum absolute atomic E-state index is 13.4. The molecule has 1 aliphatic heterocycles. The van der Waals surface area contributed by atoms with E-state index in [0.29, 0.717) is 13.1 Å². The fourth-order valence-electron chi connectivity index (χ4n) is 4.16. The van der Waals surface area contributed by atoms with Gasteiger partial charge in [0.25, 0.3) is 0 Å². The van der Waals surface area contributed by atoms with Crippen LogP contribution in [0.2, 0.25) is 0 Å². The molecule has 1 amide bonds. The van der Waals surface area contributed by atoms with Gasteiger partial charge in [-0.05, 0) is 60.4 Å². The van der Waals surface area contributed by atoms with Crippen LogP contribution in [0.4, 0.5) is 10.2 Å². The Kier molecular flexibility index (Phi) is 10.0. The predicted octanol–water partition coefficient (Wildman–Crippen LogP) is 6.24. The third kappa shape index (κ3) is 7.53. The van der Waals surface area contributed by atoms with E-state index in [0.717, 1.165) is 41.3 Å². The molecule has 0 N–H and O–H groups in total. The number of benzene rings is 2. The van der Waals surface area contributed by atoms with Crippen molar-refractivity contribution in [1.29, 1.82) is 0 Å². The average molecular weight is 501 g/mol. The fraction of sp³-hybridized carbons (Fsp3) is 0.290. The second-order valence-corrected chi connectivity index (χ2v) is 8.82.